The molecular formula is C18H15F2N3O2. The van der Waals surface area contributed by atoms with Gasteiger partial charge in [-0.15, -0.1) is 0 Å². The fraction of sp³-hybridized carbons (Fsp3) is 0.167. The highest BCUT2D eigenvalue weighted by atomic mass is 19.1. The van der Waals surface area contributed by atoms with Crippen LogP contribution < -0.4 is 5.32 Å². The Labute approximate surface area is 142 Å². The van der Waals surface area contributed by atoms with E-state index in [2.05, 4.69) is 15.5 Å². The van der Waals surface area contributed by atoms with Gasteiger partial charge in [0.25, 0.3) is 0 Å². The summed E-state index contributed by atoms with van der Waals surface area (Å²) in [6.07, 6.45) is -0.114. The van der Waals surface area contributed by atoms with Crippen molar-refractivity contribution in [2.24, 2.45) is 0 Å². The van der Waals surface area contributed by atoms with E-state index in [4.69, 9.17) is 4.52 Å². The Morgan fingerprint density at radius 1 is 1.12 bits per heavy atom. The first-order valence-electron chi connectivity index (χ1n) is 7.61. The number of aryl methyl sites for hydroxylation is 1. The van der Waals surface area contributed by atoms with Crippen LogP contribution in [0.5, 0.6) is 0 Å². The van der Waals surface area contributed by atoms with Gasteiger partial charge in [-0.3, -0.25) is 4.79 Å². The molecule has 7 heteroatoms. The average Bonchev–Trinajstić information content (AvgIpc) is 3.01. The van der Waals surface area contributed by atoms with Gasteiger partial charge in [-0.1, -0.05) is 35.0 Å². The molecule has 5 nitrogen and oxygen atoms in total. The number of nitrogens with zero attached hydrogens (tertiary/aromatic N) is 2. The largest absolute Gasteiger partial charge is 0.352 e. The van der Waals surface area contributed by atoms with Crippen LogP contribution in [0.2, 0.25) is 0 Å². The lowest BCUT2D eigenvalue weighted by atomic mass is 10.1. The van der Waals surface area contributed by atoms with Crippen LogP contribution in [0.25, 0.3) is 11.4 Å². The summed E-state index contributed by atoms with van der Waals surface area (Å²) in [5.74, 6) is -1.20. The third-order valence-electron chi connectivity index (χ3n) is 3.50. The minimum absolute atomic E-state index is 0.00642. The Kier molecular flexibility index (Phi) is 4.83. The normalized spacial score (nSPS) is 10.7. The average molecular weight is 343 g/mol. The monoisotopic (exact) mass is 343 g/mol. The van der Waals surface area contributed by atoms with Gasteiger partial charge in [-0.05, 0) is 24.6 Å². The van der Waals surface area contributed by atoms with Gasteiger partial charge < -0.3 is 9.84 Å². The first kappa shape index (κ1) is 16.8. The minimum atomic E-state index is -0.691. The van der Waals surface area contributed by atoms with E-state index in [0.29, 0.717) is 11.4 Å². The summed E-state index contributed by atoms with van der Waals surface area (Å²) in [5, 5.41) is 6.40. The summed E-state index contributed by atoms with van der Waals surface area (Å²) in [7, 11) is 0. The molecule has 0 spiro atoms. The topological polar surface area (TPSA) is 68.0 Å². The molecule has 1 heterocycles. The molecule has 1 N–H and O–H groups in total. The number of benzene rings is 2. The Hall–Kier alpha value is -3.09. The number of nitrogens with one attached hydrogen (secondary N) is 1. The van der Waals surface area contributed by atoms with E-state index in [9.17, 15) is 13.6 Å². The number of halogens is 2. The van der Waals surface area contributed by atoms with Crippen LogP contribution in [-0.2, 0) is 17.8 Å². The molecule has 2 aromatic carbocycles. The van der Waals surface area contributed by atoms with Gasteiger partial charge in [0, 0.05) is 18.2 Å². The summed E-state index contributed by atoms with van der Waals surface area (Å²) < 4.78 is 31.3. The van der Waals surface area contributed by atoms with Crippen molar-refractivity contribution in [1.29, 1.82) is 0 Å². The highest BCUT2D eigenvalue weighted by Gasteiger charge is 2.12. The van der Waals surface area contributed by atoms with Crippen LogP contribution in [0.3, 0.4) is 0 Å². The lowest BCUT2D eigenvalue weighted by molar-refractivity contribution is -0.120. The van der Waals surface area contributed by atoms with Crippen LogP contribution in [0.1, 0.15) is 17.0 Å². The van der Waals surface area contributed by atoms with Crippen LogP contribution in [-0.4, -0.2) is 16.0 Å². The summed E-state index contributed by atoms with van der Waals surface area (Å²) in [4.78, 5) is 16.1. The van der Waals surface area contributed by atoms with E-state index in [-0.39, 0.29) is 24.8 Å². The van der Waals surface area contributed by atoms with Crippen molar-refractivity contribution in [3.63, 3.8) is 0 Å². The SMILES string of the molecule is Cc1ccc(-c2noc(CC(=O)NCc3cc(F)cc(F)c3)n2)cc1. The second kappa shape index (κ2) is 7.21. The van der Waals surface area contributed by atoms with Crippen LogP contribution in [0, 0.1) is 18.6 Å². The number of hydrogen-bond acceptors (Lipinski definition) is 4. The van der Waals surface area contributed by atoms with Crippen molar-refractivity contribution < 1.29 is 18.1 Å². The van der Waals surface area contributed by atoms with Gasteiger partial charge in [0.05, 0.1) is 0 Å². The molecule has 3 rings (SSSR count). The number of hydrogen-bond donors (Lipinski definition) is 1. The first-order chi connectivity index (χ1) is 12.0. The molecule has 128 valence electrons. The van der Waals surface area contributed by atoms with Crippen molar-refractivity contribution in [3.05, 3.63) is 71.1 Å². The van der Waals surface area contributed by atoms with Crippen molar-refractivity contribution in [2.75, 3.05) is 0 Å². The highest BCUT2D eigenvalue weighted by molar-refractivity contribution is 5.77. The molecule has 0 aliphatic carbocycles. The molecule has 25 heavy (non-hydrogen) atoms. The quantitative estimate of drug-likeness (QED) is 0.773. The van der Waals surface area contributed by atoms with E-state index < -0.39 is 11.6 Å². The predicted octanol–water partition coefficient (Wildman–Crippen LogP) is 3.18. The molecule has 1 aromatic heterocycles. The minimum Gasteiger partial charge on any atom is -0.352 e. The zero-order valence-corrected chi connectivity index (χ0v) is 13.4. The van der Waals surface area contributed by atoms with Crippen LogP contribution in [0.15, 0.2) is 47.0 Å². The van der Waals surface area contributed by atoms with Gasteiger partial charge in [-0.2, -0.15) is 4.98 Å². The summed E-state index contributed by atoms with van der Waals surface area (Å²) in [5.41, 5.74) is 2.23. The predicted molar refractivity (Wildman–Crippen MR) is 86.4 cm³/mol. The van der Waals surface area contributed by atoms with E-state index in [1.807, 2.05) is 31.2 Å². The Morgan fingerprint density at radius 3 is 2.48 bits per heavy atom. The standard InChI is InChI=1S/C18H15F2N3O2/c1-11-2-4-13(5-3-11)18-22-17(25-23-18)9-16(24)21-10-12-6-14(19)8-15(20)7-12/h2-8H,9-10H2,1H3,(H,21,24). The van der Waals surface area contributed by atoms with E-state index in [1.165, 1.54) is 0 Å². The molecule has 0 atom stereocenters. The number of carbonyl (C=O) groups is 1. The lowest BCUT2D eigenvalue weighted by Crippen LogP contribution is -2.24. The van der Waals surface area contributed by atoms with Crippen molar-refractivity contribution in [1.82, 2.24) is 15.5 Å². The molecule has 0 aliphatic heterocycles. The van der Waals surface area contributed by atoms with E-state index in [1.54, 1.807) is 0 Å². The number of amides is 1. The van der Waals surface area contributed by atoms with Crippen LogP contribution in [0.4, 0.5) is 8.78 Å². The first-order valence-corrected chi connectivity index (χ1v) is 7.61. The lowest BCUT2D eigenvalue weighted by Gasteiger charge is -2.04. The third kappa shape index (κ3) is 4.47. The molecule has 0 saturated carbocycles. The van der Waals surface area contributed by atoms with Gasteiger partial charge in [0.15, 0.2) is 0 Å². The highest BCUT2D eigenvalue weighted by Crippen LogP contribution is 2.16. The maximum absolute atomic E-state index is 13.1. The summed E-state index contributed by atoms with van der Waals surface area (Å²) >= 11 is 0. The Balaban J connectivity index is 1.59. The van der Waals surface area contributed by atoms with Gasteiger partial charge in [0.1, 0.15) is 18.1 Å². The van der Waals surface area contributed by atoms with Gasteiger partial charge >= 0.3 is 0 Å². The Bertz CT molecular complexity index is 871. The smallest absolute Gasteiger partial charge is 0.236 e. The fourth-order valence-corrected chi connectivity index (χ4v) is 2.26. The number of rotatable bonds is 5. The molecule has 3 aromatic rings. The second-order valence-corrected chi connectivity index (χ2v) is 5.61. The summed E-state index contributed by atoms with van der Waals surface area (Å²) in [6.45, 7) is 1.98. The number of aromatic nitrogens is 2. The maximum Gasteiger partial charge on any atom is 0.236 e. The molecule has 0 saturated heterocycles. The van der Waals surface area contributed by atoms with Crippen molar-refractivity contribution >= 4 is 5.91 Å². The van der Waals surface area contributed by atoms with E-state index >= 15 is 0 Å². The van der Waals surface area contributed by atoms with Gasteiger partial charge in [-0.25, -0.2) is 8.78 Å². The molecule has 0 aliphatic rings. The molecule has 0 radical (unpaired) electrons. The van der Waals surface area contributed by atoms with E-state index in [0.717, 1.165) is 29.3 Å². The molecular weight excluding hydrogens is 328 g/mol. The number of carbonyl (C=O) groups excluding carboxylic acids is 1. The molecule has 1 amide bonds. The zero-order chi connectivity index (χ0) is 17.8. The molecule has 0 unspecified atom stereocenters. The second-order valence-electron chi connectivity index (χ2n) is 5.61. The van der Waals surface area contributed by atoms with Crippen molar-refractivity contribution in [2.45, 2.75) is 19.9 Å². The maximum atomic E-state index is 13.1. The summed E-state index contributed by atoms with van der Waals surface area (Å²) in [6, 6.07) is 10.7. The molecule has 0 bridgehead atoms. The fourth-order valence-electron chi connectivity index (χ4n) is 2.26. The zero-order valence-electron chi connectivity index (χ0n) is 13.4. The van der Waals surface area contributed by atoms with Crippen LogP contribution >= 0.6 is 0 Å². The molecule has 0 fully saturated rings. The van der Waals surface area contributed by atoms with Crippen molar-refractivity contribution in [3.8, 4) is 11.4 Å². The Morgan fingerprint density at radius 2 is 1.80 bits per heavy atom. The van der Waals surface area contributed by atoms with Gasteiger partial charge in [0.2, 0.25) is 17.6 Å². The third-order valence-corrected chi connectivity index (χ3v) is 3.50.